The monoisotopic (exact) mass is 402 g/mol. The van der Waals surface area contributed by atoms with Gasteiger partial charge in [0, 0.05) is 19.5 Å². The second-order valence-corrected chi connectivity index (χ2v) is 6.79. The molecule has 1 saturated heterocycles. The number of rotatable bonds is 8. The van der Waals surface area contributed by atoms with Gasteiger partial charge in [-0.15, -0.1) is 0 Å². The van der Waals surface area contributed by atoms with Gasteiger partial charge in [0.25, 0.3) is 5.88 Å². The van der Waals surface area contributed by atoms with Gasteiger partial charge >= 0.3 is 6.61 Å². The molecule has 8 heteroatoms. The van der Waals surface area contributed by atoms with Crippen molar-refractivity contribution in [2.75, 3.05) is 19.7 Å². The van der Waals surface area contributed by atoms with Crippen molar-refractivity contribution in [1.82, 2.24) is 10.1 Å². The Kier molecular flexibility index (Phi) is 5.59. The van der Waals surface area contributed by atoms with E-state index in [9.17, 15) is 13.6 Å². The van der Waals surface area contributed by atoms with Crippen LogP contribution in [0.4, 0.5) is 8.78 Å². The van der Waals surface area contributed by atoms with Crippen molar-refractivity contribution in [3.05, 3.63) is 42.5 Å². The fourth-order valence-electron chi connectivity index (χ4n) is 3.39. The number of likely N-dealkylation sites (tertiary alicyclic amines) is 1. The van der Waals surface area contributed by atoms with E-state index in [1.165, 1.54) is 12.1 Å². The Hall–Kier alpha value is -3.16. The predicted molar refractivity (Wildman–Crippen MR) is 102 cm³/mol. The molecule has 2 heterocycles. The van der Waals surface area contributed by atoms with E-state index in [1.54, 1.807) is 18.2 Å². The standard InChI is InChI=1S/C21H20F2N2O4/c22-21(23)28-16-7-4-14(5-8-16)15-6-9-18-17(13-15)20(24-29-18)27-12-2-11-25-10-1-3-19(25)26/h4-9,13,21H,1-3,10-12H2. The summed E-state index contributed by atoms with van der Waals surface area (Å²) in [5.74, 6) is 0.703. The number of ether oxygens (including phenoxy) is 2. The van der Waals surface area contributed by atoms with Gasteiger partial charge in [-0.05, 0) is 53.4 Å². The van der Waals surface area contributed by atoms with E-state index in [1.807, 2.05) is 17.0 Å². The second kappa shape index (κ2) is 8.46. The molecule has 4 rings (SSSR count). The van der Waals surface area contributed by atoms with E-state index < -0.39 is 6.61 Å². The number of fused-ring (bicyclic) bond motifs is 1. The van der Waals surface area contributed by atoms with Gasteiger partial charge in [0.15, 0.2) is 5.58 Å². The van der Waals surface area contributed by atoms with Crippen LogP contribution in [0.1, 0.15) is 19.3 Å². The first-order chi connectivity index (χ1) is 14.1. The lowest BCUT2D eigenvalue weighted by molar-refractivity contribution is -0.127. The molecule has 1 aliphatic rings. The van der Waals surface area contributed by atoms with Crippen molar-refractivity contribution >= 4 is 16.9 Å². The molecule has 0 aliphatic carbocycles. The first-order valence-electron chi connectivity index (χ1n) is 9.45. The van der Waals surface area contributed by atoms with Gasteiger partial charge in [-0.25, -0.2) is 0 Å². The van der Waals surface area contributed by atoms with Crippen LogP contribution in [-0.4, -0.2) is 42.3 Å². The summed E-state index contributed by atoms with van der Waals surface area (Å²) in [6.07, 6.45) is 2.27. The Balaban J connectivity index is 1.42. The van der Waals surface area contributed by atoms with Crippen LogP contribution in [0.15, 0.2) is 47.0 Å². The van der Waals surface area contributed by atoms with Gasteiger partial charge in [-0.2, -0.15) is 8.78 Å². The highest BCUT2D eigenvalue weighted by Gasteiger charge is 2.19. The van der Waals surface area contributed by atoms with E-state index in [2.05, 4.69) is 9.89 Å². The molecular weight excluding hydrogens is 382 g/mol. The largest absolute Gasteiger partial charge is 0.475 e. The lowest BCUT2D eigenvalue weighted by atomic mass is 10.0. The summed E-state index contributed by atoms with van der Waals surface area (Å²) in [7, 11) is 0. The molecule has 0 atom stereocenters. The maximum absolute atomic E-state index is 12.3. The highest BCUT2D eigenvalue weighted by atomic mass is 19.3. The summed E-state index contributed by atoms with van der Waals surface area (Å²) in [5.41, 5.74) is 2.31. The van der Waals surface area contributed by atoms with Gasteiger partial charge < -0.3 is 18.9 Å². The summed E-state index contributed by atoms with van der Waals surface area (Å²) < 4.78 is 40.0. The minimum absolute atomic E-state index is 0.107. The summed E-state index contributed by atoms with van der Waals surface area (Å²) in [6, 6.07) is 11.9. The normalized spacial score (nSPS) is 14.2. The topological polar surface area (TPSA) is 64.8 Å². The van der Waals surface area contributed by atoms with Crippen molar-refractivity contribution in [3.63, 3.8) is 0 Å². The SMILES string of the molecule is O=C1CCCN1CCCOc1noc2ccc(-c3ccc(OC(F)F)cc3)cc12. The van der Waals surface area contributed by atoms with E-state index in [0.717, 1.165) is 29.5 Å². The maximum Gasteiger partial charge on any atom is 0.387 e. The Morgan fingerprint density at radius 1 is 1.14 bits per heavy atom. The van der Waals surface area contributed by atoms with Gasteiger partial charge in [0.1, 0.15) is 5.75 Å². The fraction of sp³-hybridized carbons (Fsp3) is 0.333. The number of benzene rings is 2. The number of carbonyl (C=O) groups is 1. The van der Waals surface area contributed by atoms with E-state index in [-0.39, 0.29) is 11.7 Å². The van der Waals surface area contributed by atoms with Gasteiger partial charge in [0.2, 0.25) is 5.91 Å². The van der Waals surface area contributed by atoms with Crippen LogP contribution in [0.5, 0.6) is 11.6 Å². The number of amides is 1. The Morgan fingerprint density at radius 2 is 1.93 bits per heavy atom. The predicted octanol–water partition coefficient (Wildman–Crippen LogP) is 4.49. The fourth-order valence-corrected chi connectivity index (χ4v) is 3.39. The third-order valence-corrected chi connectivity index (χ3v) is 4.83. The van der Waals surface area contributed by atoms with E-state index in [4.69, 9.17) is 9.26 Å². The number of carbonyl (C=O) groups excluding carboxylic acids is 1. The van der Waals surface area contributed by atoms with Crippen LogP contribution < -0.4 is 9.47 Å². The molecule has 1 aliphatic heterocycles. The van der Waals surface area contributed by atoms with Crippen molar-refractivity contribution in [1.29, 1.82) is 0 Å². The van der Waals surface area contributed by atoms with Crippen molar-refractivity contribution < 1.29 is 27.6 Å². The lowest BCUT2D eigenvalue weighted by Gasteiger charge is -2.14. The van der Waals surface area contributed by atoms with Crippen LogP contribution in [0.3, 0.4) is 0 Å². The smallest absolute Gasteiger partial charge is 0.387 e. The molecule has 2 aromatic carbocycles. The molecule has 6 nitrogen and oxygen atoms in total. The minimum atomic E-state index is -2.85. The molecule has 1 aromatic heterocycles. The quantitative estimate of drug-likeness (QED) is 0.520. The first kappa shape index (κ1) is 19.2. The summed E-state index contributed by atoms with van der Waals surface area (Å²) in [4.78, 5) is 13.5. The van der Waals surface area contributed by atoms with Crippen LogP contribution in [0, 0.1) is 0 Å². The molecule has 29 heavy (non-hydrogen) atoms. The van der Waals surface area contributed by atoms with E-state index >= 15 is 0 Å². The van der Waals surface area contributed by atoms with Crippen LogP contribution in [0.2, 0.25) is 0 Å². The van der Waals surface area contributed by atoms with Crippen LogP contribution >= 0.6 is 0 Å². The number of alkyl halides is 2. The minimum Gasteiger partial charge on any atom is -0.475 e. The molecular formula is C21H20F2N2O4. The summed E-state index contributed by atoms with van der Waals surface area (Å²) >= 11 is 0. The van der Waals surface area contributed by atoms with Crippen molar-refractivity contribution in [3.8, 4) is 22.8 Å². The first-order valence-corrected chi connectivity index (χ1v) is 9.45. The van der Waals surface area contributed by atoms with Gasteiger partial charge in [-0.3, -0.25) is 4.79 Å². The van der Waals surface area contributed by atoms with Gasteiger partial charge in [0.05, 0.1) is 12.0 Å². The Labute approximate surface area is 166 Å². The molecule has 0 spiro atoms. The molecule has 0 saturated carbocycles. The second-order valence-electron chi connectivity index (χ2n) is 6.79. The zero-order valence-corrected chi connectivity index (χ0v) is 15.6. The lowest BCUT2D eigenvalue weighted by Crippen LogP contribution is -2.26. The number of halogens is 2. The molecule has 1 amide bonds. The van der Waals surface area contributed by atoms with Gasteiger partial charge in [-0.1, -0.05) is 18.2 Å². The van der Waals surface area contributed by atoms with Crippen LogP contribution in [-0.2, 0) is 4.79 Å². The summed E-state index contributed by atoms with van der Waals surface area (Å²) in [5, 5.41) is 4.71. The Morgan fingerprint density at radius 3 is 2.66 bits per heavy atom. The van der Waals surface area contributed by atoms with E-state index in [0.29, 0.717) is 37.5 Å². The summed E-state index contributed by atoms with van der Waals surface area (Å²) in [6.45, 7) is -0.934. The average Bonchev–Trinajstić information content (AvgIpc) is 3.31. The molecule has 3 aromatic rings. The molecule has 1 fully saturated rings. The number of aromatic nitrogens is 1. The van der Waals surface area contributed by atoms with Crippen molar-refractivity contribution in [2.45, 2.75) is 25.9 Å². The van der Waals surface area contributed by atoms with Crippen LogP contribution in [0.25, 0.3) is 22.1 Å². The third kappa shape index (κ3) is 4.47. The number of hydrogen-bond donors (Lipinski definition) is 0. The zero-order valence-electron chi connectivity index (χ0n) is 15.6. The number of hydrogen-bond acceptors (Lipinski definition) is 5. The molecule has 0 N–H and O–H groups in total. The highest BCUT2D eigenvalue weighted by molar-refractivity contribution is 5.87. The molecule has 152 valence electrons. The molecule has 0 unspecified atom stereocenters. The third-order valence-electron chi connectivity index (χ3n) is 4.83. The number of nitrogens with zero attached hydrogens (tertiary/aromatic N) is 2. The molecule has 0 bridgehead atoms. The highest BCUT2D eigenvalue weighted by Crippen LogP contribution is 2.31. The molecule has 0 radical (unpaired) electrons. The Bertz CT molecular complexity index is 988. The maximum atomic E-state index is 12.3. The zero-order chi connectivity index (χ0) is 20.2. The van der Waals surface area contributed by atoms with Crippen molar-refractivity contribution in [2.24, 2.45) is 0 Å². The average molecular weight is 402 g/mol.